The Morgan fingerprint density at radius 3 is 2.62 bits per heavy atom. The molecule has 1 fully saturated rings. The van der Waals surface area contributed by atoms with E-state index in [1.54, 1.807) is 6.20 Å². The van der Waals surface area contributed by atoms with Gasteiger partial charge in [0.05, 0.1) is 6.54 Å². The third-order valence-corrected chi connectivity index (χ3v) is 9.60. The van der Waals surface area contributed by atoms with Gasteiger partial charge in [0.15, 0.2) is 0 Å². The zero-order chi connectivity index (χ0) is 21.4. The number of aliphatic imine (C=N–C) groups is 1. The summed E-state index contributed by atoms with van der Waals surface area (Å²) < 4.78 is 15.0. The lowest BCUT2D eigenvalue weighted by molar-refractivity contribution is -0.125. The highest BCUT2D eigenvalue weighted by atomic mass is 32.3. The van der Waals surface area contributed by atoms with E-state index in [9.17, 15) is 9.00 Å². The third-order valence-electron chi connectivity index (χ3n) is 6.10. The molecule has 0 radical (unpaired) electrons. The Kier molecular flexibility index (Phi) is 8.78. The van der Waals surface area contributed by atoms with Gasteiger partial charge in [-0.1, -0.05) is 54.8 Å². The van der Waals surface area contributed by atoms with Crippen LogP contribution in [-0.4, -0.2) is 51.3 Å². The molecule has 0 bridgehead atoms. The summed E-state index contributed by atoms with van der Waals surface area (Å²) in [6.07, 6.45) is 17.6. The fraction of sp³-hybridized carbons (Fsp3) is 0.565. The number of rotatable bonds is 6. The summed E-state index contributed by atoms with van der Waals surface area (Å²) >= 11 is 0. The number of hydrogen-bond acceptors (Lipinski definition) is 3. The molecule has 0 aromatic heterocycles. The highest BCUT2D eigenvalue weighted by molar-refractivity contribution is 8.00. The summed E-state index contributed by atoms with van der Waals surface area (Å²) in [6, 6.07) is 0.302. The smallest absolute Gasteiger partial charge is 0.223 e. The second kappa shape index (κ2) is 10.8. The first-order valence-electron chi connectivity index (χ1n) is 10.5. The molecule has 6 heteroatoms. The van der Waals surface area contributed by atoms with E-state index in [4.69, 9.17) is 0 Å². The first-order valence-corrected chi connectivity index (χ1v) is 12.7. The Balaban J connectivity index is 1.85. The van der Waals surface area contributed by atoms with Crippen LogP contribution in [0, 0.1) is 5.92 Å². The van der Waals surface area contributed by atoms with Crippen LogP contribution in [0.25, 0.3) is 0 Å². The van der Waals surface area contributed by atoms with Gasteiger partial charge in [0.25, 0.3) is 0 Å². The average molecular weight is 420 g/mol. The van der Waals surface area contributed by atoms with Gasteiger partial charge in [0, 0.05) is 41.8 Å². The predicted octanol–water partition coefficient (Wildman–Crippen LogP) is 3.59. The molecule has 2 aliphatic rings. The molecule has 0 unspecified atom stereocenters. The van der Waals surface area contributed by atoms with Crippen molar-refractivity contribution in [3.05, 3.63) is 48.7 Å². The number of amides is 1. The number of allylic oxidation sites excluding steroid dienone is 6. The molecule has 0 spiro atoms. The first kappa shape index (κ1) is 23.5. The van der Waals surface area contributed by atoms with E-state index in [2.05, 4.69) is 21.2 Å². The van der Waals surface area contributed by atoms with Crippen LogP contribution >= 0.6 is 0 Å². The molecule has 0 aromatic carbocycles. The molecule has 1 aliphatic carbocycles. The quantitative estimate of drug-likeness (QED) is 0.646. The topological polar surface area (TPSA) is 61.8 Å². The maximum absolute atomic E-state index is 12.9. The third kappa shape index (κ3) is 6.89. The van der Waals surface area contributed by atoms with Gasteiger partial charge in [-0.25, -0.2) is 4.31 Å². The zero-order valence-electron chi connectivity index (χ0n) is 18.3. The maximum atomic E-state index is 12.9. The molecule has 1 N–H and O–H groups in total. The van der Waals surface area contributed by atoms with Crippen LogP contribution in [-0.2, 0) is 14.9 Å². The van der Waals surface area contributed by atoms with Crippen molar-refractivity contribution in [1.82, 2.24) is 9.62 Å². The van der Waals surface area contributed by atoms with Crippen LogP contribution in [0.1, 0.15) is 46.0 Å². The molecule has 1 amide bonds. The summed E-state index contributed by atoms with van der Waals surface area (Å²) in [6.45, 7) is 8.43. The van der Waals surface area contributed by atoms with Gasteiger partial charge in [0.1, 0.15) is 0 Å². The van der Waals surface area contributed by atoms with Crippen LogP contribution in [0.2, 0.25) is 0 Å². The van der Waals surface area contributed by atoms with Crippen LogP contribution in [0.4, 0.5) is 0 Å². The predicted molar refractivity (Wildman–Crippen MR) is 126 cm³/mol. The minimum Gasteiger partial charge on any atom is -0.351 e. The largest absolute Gasteiger partial charge is 0.351 e. The number of nitrogens with one attached hydrogen (secondary N) is 1. The van der Waals surface area contributed by atoms with E-state index in [1.807, 2.05) is 57.5 Å². The van der Waals surface area contributed by atoms with E-state index >= 15 is 0 Å². The van der Waals surface area contributed by atoms with Crippen molar-refractivity contribution in [3.63, 3.8) is 0 Å². The molecule has 0 saturated heterocycles. The summed E-state index contributed by atoms with van der Waals surface area (Å²) in [7, 11) is -0.344. The van der Waals surface area contributed by atoms with Crippen LogP contribution < -0.4 is 5.32 Å². The van der Waals surface area contributed by atoms with Gasteiger partial charge in [-0.05, 0) is 44.4 Å². The minimum atomic E-state index is -2.32. The Bertz CT molecular complexity index is 756. The number of thiol groups is 1. The van der Waals surface area contributed by atoms with Gasteiger partial charge >= 0.3 is 0 Å². The lowest BCUT2D eigenvalue weighted by Gasteiger charge is -2.41. The number of nitrogens with zero attached hydrogens (tertiary/aromatic N) is 2. The molecule has 5 nitrogen and oxygen atoms in total. The van der Waals surface area contributed by atoms with Gasteiger partial charge in [0.2, 0.25) is 5.91 Å². The van der Waals surface area contributed by atoms with Gasteiger partial charge < -0.3 is 5.32 Å². The molecule has 1 saturated carbocycles. The van der Waals surface area contributed by atoms with Crippen molar-refractivity contribution >= 4 is 21.7 Å². The maximum Gasteiger partial charge on any atom is 0.223 e. The Morgan fingerprint density at radius 2 is 1.97 bits per heavy atom. The standard InChI is InChI=1S/C23H37N3O2S/c1-18(2)29(5,28)26(4)22-13-11-20(12-14-22)23(27)25-17-21-10-8-6-7-9-19(3)15-16-24-21/h6-9,15-16,18,20,22,29H,3,10-14,17H2,1-2,4-5H3,(H,25,27)/b8-6-,9-7-,16-15-,24-21+. The molecular weight excluding hydrogens is 382 g/mol. The van der Waals surface area contributed by atoms with Crippen LogP contribution in [0.15, 0.2) is 53.7 Å². The van der Waals surface area contributed by atoms with Crippen molar-refractivity contribution in [2.75, 3.05) is 19.8 Å². The number of hydrogen-bond donors (Lipinski definition) is 2. The second-order valence-corrected chi connectivity index (χ2v) is 12.0. The molecule has 1 aliphatic heterocycles. The molecule has 29 heavy (non-hydrogen) atoms. The SMILES string of the molecule is C=C1/C=C\C=C/C/C(CNC(=O)C2CCC(N(C)[SH](C)(=O)C(C)C)CC2)=N\C=C/1. The molecule has 0 aromatic rings. The Hall–Kier alpha value is -1.79. The first-order chi connectivity index (χ1) is 13.7. The molecule has 0 atom stereocenters. The van der Waals surface area contributed by atoms with Crippen molar-refractivity contribution in [1.29, 1.82) is 0 Å². The molecule has 162 valence electrons. The average Bonchev–Trinajstić information content (AvgIpc) is 2.70. The van der Waals surface area contributed by atoms with E-state index in [1.165, 1.54) is 0 Å². The molecule has 2 rings (SSSR count). The number of carbonyl (C=O) groups is 1. The van der Waals surface area contributed by atoms with Crippen LogP contribution in [0.5, 0.6) is 0 Å². The second-order valence-electron chi connectivity index (χ2n) is 8.41. The summed E-state index contributed by atoms with van der Waals surface area (Å²) in [5.41, 5.74) is 1.81. The zero-order valence-corrected chi connectivity index (χ0v) is 19.2. The molecular formula is C23H37N3O2S. The van der Waals surface area contributed by atoms with E-state index in [-0.39, 0.29) is 17.1 Å². The van der Waals surface area contributed by atoms with Crippen molar-refractivity contribution in [3.8, 4) is 0 Å². The lowest BCUT2D eigenvalue weighted by atomic mass is 9.85. The number of carbonyl (C=O) groups excluding carboxylic acids is 1. The van der Waals surface area contributed by atoms with Gasteiger partial charge in [-0.3, -0.25) is 14.0 Å². The lowest BCUT2D eigenvalue weighted by Crippen LogP contribution is -2.47. The minimum absolute atomic E-state index is 0.0314. The van der Waals surface area contributed by atoms with Crippen molar-refractivity contribution in [2.24, 2.45) is 10.9 Å². The summed E-state index contributed by atoms with van der Waals surface area (Å²) in [4.78, 5) is 17.1. The van der Waals surface area contributed by atoms with Crippen molar-refractivity contribution < 1.29 is 9.00 Å². The normalized spacial score (nSPS) is 29.0. The highest BCUT2D eigenvalue weighted by Crippen LogP contribution is 2.30. The van der Waals surface area contributed by atoms with Crippen LogP contribution in [0.3, 0.4) is 0 Å². The monoisotopic (exact) mass is 419 g/mol. The van der Waals surface area contributed by atoms with Gasteiger partial charge in [-0.15, -0.1) is 0 Å². The van der Waals surface area contributed by atoms with Gasteiger partial charge in [-0.2, -0.15) is 0 Å². The van der Waals surface area contributed by atoms with E-state index < -0.39 is 10.1 Å². The Morgan fingerprint density at radius 1 is 1.28 bits per heavy atom. The highest BCUT2D eigenvalue weighted by Gasteiger charge is 2.32. The summed E-state index contributed by atoms with van der Waals surface area (Å²) in [5, 5.41) is 3.22. The van der Waals surface area contributed by atoms with E-state index in [0.29, 0.717) is 19.0 Å². The fourth-order valence-corrected chi connectivity index (χ4v) is 5.27. The summed E-state index contributed by atoms with van der Waals surface area (Å²) in [5.74, 6) is 0.135. The molecule has 1 heterocycles. The van der Waals surface area contributed by atoms with Crippen molar-refractivity contribution in [2.45, 2.75) is 57.2 Å². The van der Waals surface area contributed by atoms with E-state index in [0.717, 1.165) is 37.0 Å². The fourth-order valence-electron chi connectivity index (χ4n) is 3.66. The Labute approximate surface area is 177 Å².